The minimum Gasteiger partial charge on any atom is -0.309 e. The lowest BCUT2D eigenvalue weighted by atomic mass is 9.78. The van der Waals surface area contributed by atoms with Gasteiger partial charge in [-0.05, 0) is 218 Å². The van der Waals surface area contributed by atoms with E-state index in [9.17, 15) is 0 Å². The molecule has 4 aliphatic carbocycles. The molecule has 478 valence electrons. The fourth-order valence-corrected chi connectivity index (χ4v) is 16.8. The molecule has 4 aliphatic rings. The summed E-state index contributed by atoms with van der Waals surface area (Å²) in [5.74, 6) is 2.18. The van der Waals surface area contributed by atoms with E-state index in [0.29, 0.717) is 23.7 Å². The number of hydrogen-bond acceptors (Lipinski definition) is 2. The summed E-state index contributed by atoms with van der Waals surface area (Å²) in [6, 6.07) is 69.3. The van der Waals surface area contributed by atoms with Crippen molar-refractivity contribution >= 4 is 55.7 Å². The van der Waals surface area contributed by atoms with E-state index in [0.717, 1.165) is 0 Å². The van der Waals surface area contributed by atoms with Gasteiger partial charge in [0.15, 0.2) is 0 Å². The van der Waals surface area contributed by atoms with Crippen molar-refractivity contribution in [2.45, 2.75) is 257 Å². The summed E-state index contributed by atoms with van der Waals surface area (Å²) >= 11 is 0. The van der Waals surface area contributed by atoms with Crippen molar-refractivity contribution in [1.29, 1.82) is 0 Å². The first-order valence-electron chi connectivity index (χ1n) is 36.5. The number of anilines is 6. The molecule has 0 amide bonds. The van der Waals surface area contributed by atoms with Gasteiger partial charge in [0.05, 0.1) is 17.1 Å². The van der Waals surface area contributed by atoms with Gasteiger partial charge in [-0.2, -0.15) is 0 Å². The molecule has 9 aromatic carbocycles. The summed E-state index contributed by atoms with van der Waals surface area (Å²) in [4.78, 5) is 5.68. The van der Waals surface area contributed by atoms with E-state index in [1.165, 1.54) is 229 Å². The van der Waals surface area contributed by atoms with Crippen molar-refractivity contribution in [3.8, 4) is 22.3 Å². The van der Waals surface area contributed by atoms with Gasteiger partial charge in [-0.3, -0.25) is 0 Å². The predicted octanol–water partition coefficient (Wildman–Crippen LogP) is 27.6. The van der Waals surface area contributed by atoms with E-state index < -0.39 is 0 Å². The van der Waals surface area contributed by atoms with Crippen LogP contribution in [0.2, 0.25) is 0 Å². The lowest BCUT2D eigenvalue weighted by Crippen LogP contribution is -2.23. The fraction of sp³-hybridized carbons (Fsp3) is 0.444. The van der Waals surface area contributed by atoms with Crippen molar-refractivity contribution in [2.75, 3.05) is 9.80 Å². The van der Waals surface area contributed by atoms with Crippen molar-refractivity contribution in [2.24, 2.45) is 0 Å². The molecule has 9 aromatic rings. The maximum atomic E-state index is 2.85. The molecule has 13 rings (SSSR count). The highest BCUT2D eigenvalue weighted by atomic mass is 15.2. The monoisotopic (exact) mass is 1220 g/mol. The molecule has 0 N–H and O–H groups in total. The normalized spacial score (nSPS) is 17.2. The summed E-state index contributed by atoms with van der Waals surface area (Å²) in [6.45, 7) is 29.1. The standard InChI is InChI=1S/C90H108N2/c1-87(2,3)73-45-48-83(90(10,11)12)84(60-73)92(77-53-71(65-39-27-17-28-40-65)50-72(54-77)66-41-29-18-30-42-66)86-80-47-44-67(61-31-19-13-20-32-61)55-81(80)85(79-46-43-68(56-82(79)86)62-33-21-14-22-34-62)91(78-58-74(88(4,5)6)57-75(59-78)89(7,8)9)76-51-69(63-35-23-15-24-36-63)49-70(52-76)64-37-25-16-26-38-64/h13-14,19-22,31-34,43-60,63-66H,15-18,23-30,35-42H2,1-12H3. The second-order valence-corrected chi connectivity index (χ2v) is 33.2. The van der Waals surface area contributed by atoms with E-state index in [1.54, 1.807) is 22.3 Å². The second kappa shape index (κ2) is 26.1. The van der Waals surface area contributed by atoms with Gasteiger partial charge in [-0.15, -0.1) is 0 Å². The molecule has 0 bridgehead atoms. The first-order chi connectivity index (χ1) is 44.1. The van der Waals surface area contributed by atoms with Crippen LogP contribution in [0.1, 0.15) is 280 Å². The van der Waals surface area contributed by atoms with Gasteiger partial charge in [0.1, 0.15) is 0 Å². The average Bonchev–Trinajstić information content (AvgIpc) is 0.712. The van der Waals surface area contributed by atoms with Gasteiger partial charge in [0.25, 0.3) is 0 Å². The van der Waals surface area contributed by atoms with E-state index in [-0.39, 0.29) is 21.7 Å². The van der Waals surface area contributed by atoms with Gasteiger partial charge in [-0.25, -0.2) is 0 Å². The molecule has 0 saturated heterocycles. The van der Waals surface area contributed by atoms with Gasteiger partial charge in [0.2, 0.25) is 0 Å². The third-order valence-corrected chi connectivity index (χ3v) is 22.3. The molecular weight excluding hydrogens is 1110 g/mol. The number of nitrogens with zero attached hydrogens (tertiary/aromatic N) is 2. The van der Waals surface area contributed by atoms with Crippen LogP contribution < -0.4 is 9.80 Å². The minimum atomic E-state index is -0.183. The number of rotatable bonds is 12. The quantitative estimate of drug-likeness (QED) is 0.0889. The first-order valence-corrected chi connectivity index (χ1v) is 36.5. The van der Waals surface area contributed by atoms with Crippen LogP contribution in [0.4, 0.5) is 34.1 Å². The van der Waals surface area contributed by atoms with Crippen molar-refractivity contribution in [3.05, 3.63) is 214 Å². The smallest absolute Gasteiger partial charge is 0.0620 e. The molecule has 0 atom stereocenters. The van der Waals surface area contributed by atoms with Crippen LogP contribution in [0.3, 0.4) is 0 Å². The zero-order valence-electron chi connectivity index (χ0n) is 58.5. The van der Waals surface area contributed by atoms with Crippen molar-refractivity contribution in [1.82, 2.24) is 0 Å². The third kappa shape index (κ3) is 13.4. The molecule has 0 aliphatic heterocycles. The molecule has 0 unspecified atom stereocenters. The van der Waals surface area contributed by atoms with Crippen molar-refractivity contribution in [3.63, 3.8) is 0 Å². The zero-order chi connectivity index (χ0) is 64.1. The summed E-state index contributed by atoms with van der Waals surface area (Å²) in [5, 5.41) is 5.08. The molecule has 2 nitrogen and oxygen atoms in total. The van der Waals surface area contributed by atoms with Gasteiger partial charge in [-0.1, -0.05) is 275 Å². The highest BCUT2D eigenvalue weighted by Gasteiger charge is 2.35. The van der Waals surface area contributed by atoms with Crippen molar-refractivity contribution < 1.29 is 0 Å². The average molecular weight is 1220 g/mol. The van der Waals surface area contributed by atoms with Crippen LogP contribution >= 0.6 is 0 Å². The Balaban J connectivity index is 1.24. The lowest BCUT2D eigenvalue weighted by Gasteiger charge is -2.38. The zero-order valence-corrected chi connectivity index (χ0v) is 58.5. The van der Waals surface area contributed by atoms with E-state index >= 15 is 0 Å². The number of hydrogen-bond donors (Lipinski definition) is 0. The molecule has 2 heteroatoms. The number of benzene rings is 9. The maximum Gasteiger partial charge on any atom is 0.0620 e. The Bertz CT molecular complexity index is 3950. The summed E-state index contributed by atoms with van der Waals surface area (Å²) in [7, 11) is 0. The fourth-order valence-electron chi connectivity index (χ4n) is 16.8. The highest BCUT2D eigenvalue weighted by Crippen LogP contribution is 2.56. The molecule has 0 radical (unpaired) electrons. The summed E-state index contributed by atoms with van der Waals surface area (Å²) in [5.41, 5.74) is 23.8. The Morgan fingerprint density at radius 3 is 0.967 bits per heavy atom. The van der Waals surface area contributed by atoms with Gasteiger partial charge >= 0.3 is 0 Å². The predicted molar refractivity (Wildman–Crippen MR) is 400 cm³/mol. The Labute approximate surface area is 555 Å². The van der Waals surface area contributed by atoms with Gasteiger partial charge < -0.3 is 9.80 Å². The summed E-state index contributed by atoms with van der Waals surface area (Å²) in [6.07, 6.45) is 25.9. The van der Waals surface area contributed by atoms with Crippen LogP contribution in [-0.4, -0.2) is 0 Å². The third-order valence-electron chi connectivity index (χ3n) is 22.3. The molecule has 92 heavy (non-hydrogen) atoms. The Morgan fingerprint density at radius 1 is 0.261 bits per heavy atom. The SMILES string of the molecule is CC(C)(C)c1cc(N(c2cc(C3CCCCC3)cc(C3CCCCC3)c2)c2c3cc(-c4ccccc4)ccc3c(N(c3cc(C4CCCCC4)cc(C4CCCCC4)c3)c3cc(C(C)(C)C)ccc3C(C)(C)C)c3cc(-c4ccccc4)ccc23)cc(C(C)(C)C)c1. The van der Waals surface area contributed by atoms with Crippen LogP contribution in [0, 0.1) is 0 Å². The van der Waals surface area contributed by atoms with Crippen LogP contribution in [0.15, 0.2) is 170 Å². The molecule has 0 aromatic heterocycles. The topological polar surface area (TPSA) is 6.48 Å². The largest absolute Gasteiger partial charge is 0.309 e. The molecule has 0 spiro atoms. The molecular formula is C90H108N2. The maximum absolute atomic E-state index is 2.85. The molecule has 0 heterocycles. The van der Waals surface area contributed by atoms with Crippen LogP contribution in [0.25, 0.3) is 43.8 Å². The van der Waals surface area contributed by atoms with Crippen LogP contribution in [-0.2, 0) is 21.7 Å². The first kappa shape index (κ1) is 63.8. The van der Waals surface area contributed by atoms with Gasteiger partial charge in [0, 0.05) is 38.6 Å². The highest BCUT2D eigenvalue weighted by molar-refractivity contribution is 6.24. The van der Waals surface area contributed by atoms with E-state index in [2.05, 4.69) is 263 Å². The molecule has 4 saturated carbocycles. The minimum absolute atomic E-state index is 0.0935. The van der Waals surface area contributed by atoms with E-state index in [4.69, 9.17) is 0 Å². The number of fused-ring (bicyclic) bond motifs is 2. The summed E-state index contributed by atoms with van der Waals surface area (Å²) < 4.78 is 0. The molecule has 4 fully saturated rings. The van der Waals surface area contributed by atoms with Crippen LogP contribution in [0.5, 0.6) is 0 Å². The lowest BCUT2D eigenvalue weighted by molar-refractivity contribution is 0.435. The Hall–Kier alpha value is -6.90. The second-order valence-electron chi connectivity index (χ2n) is 33.2. The van der Waals surface area contributed by atoms with E-state index in [1.807, 2.05) is 0 Å². The Morgan fingerprint density at radius 2 is 0.609 bits per heavy atom. The Kier molecular flexibility index (Phi) is 18.1.